The van der Waals surface area contributed by atoms with E-state index in [9.17, 15) is 14.4 Å². The average Bonchev–Trinajstić information content (AvgIpc) is 3.13. The molecule has 3 aliphatic heterocycles. The molecule has 34 heavy (non-hydrogen) atoms. The Bertz CT molecular complexity index is 905. The second-order valence-electron chi connectivity index (χ2n) is 9.46. The second kappa shape index (κ2) is 11.1. The van der Waals surface area contributed by atoms with E-state index < -0.39 is 12.1 Å². The van der Waals surface area contributed by atoms with Crippen molar-refractivity contribution < 1.29 is 23.9 Å². The molecule has 3 heterocycles. The van der Waals surface area contributed by atoms with Crippen LogP contribution in [0, 0.1) is 5.92 Å². The Hall–Kier alpha value is -2.81. The van der Waals surface area contributed by atoms with E-state index in [0.717, 1.165) is 12.0 Å². The molecule has 0 saturated carbocycles. The van der Waals surface area contributed by atoms with E-state index in [1.165, 1.54) is 50.8 Å². The van der Waals surface area contributed by atoms with Crippen LogP contribution in [0.3, 0.4) is 0 Å². The summed E-state index contributed by atoms with van der Waals surface area (Å²) in [6.07, 6.45) is 6.62. The quantitative estimate of drug-likeness (QED) is 0.535. The highest BCUT2D eigenvalue weighted by atomic mass is 16.5. The molecule has 0 spiro atoms. The normalized spacial score (nSPS) is 25.0. The number of fused-ring (bicyclic) bond motifs is 1. The summed E-state index contributed by atoms with van der Waals surface area (Å²) in [7, 11) is 3.09. The fourth-order valence-electron chi connectivity index (χ4n) is 5.51. The van der Waals surface area contributed by atoms with Gasteiger partial charge in [0.15, 0.2) is 11.5 Å². The molecule has 3 saturated heterocycles. The van der Waals surface area contributed by atoms with Crippen molar-refractivity contribution in [2.45, 2.75) is 63.6 Å². The van der Waals surface area contributed by atoms with Crippen molar-refractivity contribution in [1.82, 2.24) is 20.4 Å². The zero-order valence-corrected chi connectivity index (χ0v) is 20.2. The van der Waals surface area contributed by atoms with Crippen LogP contribution < -0.4 is 20.1 Å². The zero-order valence-electron chi connectivity index (χ0n) is 20.2. The Morgan fingerprint density at radius 1 is 1.09 bits per heavy atom. The zero-order chi connectivity index (χ0) is 24.1. The molecular weight excluding hydrogens is 436 g/mol. The molecule has 0 bridgehead atoms. The predicted molar refractivity (Wildman–Crippen MR) is 127 cm³/mol. The van der Waals surface area contributed by atoms with Crippen molar-refractivity contribution in [3.63, 3.8) is 0 Å². The van der Waals surface area contributed by atoms with Crippen molar-refractivity contribution in [3.05, 3.63) is 23.8 Å². The number of urea groups is 1. The summed E-state index contributed by atoms with van der Waals surface area (Å²) in [6, 6.07) is 4.75. The standard InChI is InChI=1S/C25H36N4O5/c1-33-21-10-8-17(14-22(21)34-2)16-29-24(31)19(27-25(29)32)9-11-23(30)26-15-18-6-5-13-28-12-4-3-7-20(18)28/h8,10,14,18-20H,3-7,9,11-13,15-16H2,1-2H3,(H,26,30)(H,27,32)/t18-,19-,20-/m0/s1. The van der Waals surface area contributed by atoms with Gasteiger partial charge in [-0.2, -0.15) is 0 Å². The molecule has 0 unspecified atom stereocenters. The van der Waals surface area contributed by atoms with Gasteiger partial charge >= 0.3 is 6.03 Å². The lowest BCUT2D eigenvalue weighted by Crippen LogP contribution is -2.51. The maximum absolute atomic E-state index is 12.8. The SMILES string of the molecule is COc1ccc(CN2C(=O)N[C@@H](CCC(=O)NC[C@@H]3CCCN4CCCC[C@@H]34)C2=O)cc1OC. The summed E-state index contributed by atoms with van der Waals surface area (Å²) in [4.78, 5) is 41.5. The Morgan fingerprint density at radius 3 is 2.68 bits per heavy atom. The van der Waals surface area contributed by atoms with Crippen LogP contribution in [0.1, 0.15) is 50.5 Å². The van der Waals surface area contributed by atoms with E-state index in [1.54, 1.807) is 25.3 Å². The highest BCUT2D eigenvalue weighted by Crippen LogP contribution is 2.31. The van der Waals surface area contributed by atoms with Crippen molar-refractivity contribution >= 4 is 17.8 Å². The molecular formula is C25H36N4O5. The van der Waals surface area contributed by atoms with Crippen molar-refractivity contribution in [1.29, 1.82) is 0 Å². The van der Waals surface area contributed by atoms with E-state index in [1.807, 2.05) is 0 Å². The van der Waals surface area contributed by atoms with Crippen LogP contribution in [0.25, 0.3) is 0 Å². The highest BCUT2D eigenvalue weighted by molar-refractivity contribution is 6.04. The molecule has 9 nitrogen and oxygen atoms in total. The van der Waals surface area contributed by atoms with Crippen LogP contribution in [-0.2, 0) is 16.1 Å². The summed E-state index contributed by atoms with van der Waals surface area (Å²) in [5, 5.41) is 5.80. The molecule has 3 aliphatic rings. The minimum atomic E-state index is -0.679. The van der Waals surface area contributed by atoms with Gasteiger partial charge in [-0.05, 0) is 68.8 Å². The minimum absolute atomic E-state index is 0.0617. The molecule has 4 amide bonds. The first-order valence-corrected chi connectivity index (χ1v) is 12.3. The minimum Gasteiger partial charge on any atom is -0.493 e. The third-order valence-corrected chi connectivity index (χ3v) is 7.35. The molecule has 1 aromatic carbocycles. The van der Waals surface area contributed by atoms with Crippen LogP contribution in [0.5, 0.6) is 11.5 Å². The summed E-state index contributed by atoms with van der Waals surface area (Å²) in [5.74, 6) is 1.25. The first kappa shape index (κ1) is 24.3. The number of rotatable bonds is 9. The van der Waals surface area contributed by atoms with Gasteiger partial charge in [-0.15, -0.1) is 0 Å². The number of methoxy groups -OCH3 is 2. The summed E-state index contributed by atoms with van der Waals surface area (Å²) < 4.78 is 10.5. The van der Waals surface area contributed by atoms with E-state index in [2.05, 4.69) is 15.5 Å². The number of piperidine rings is 2. The number of imide groups is 1. The number of nitrogens with zero attached hydrogens (tertiary/aromatic N) is 2. The number of nitrogens with one attached hydrogen (secondary N) is 2. The second-order valence-corrected chi connectivity index (χ2v) is 9.46. The predicted octanol–water partition coefficient (Wildman–Crippen LogP) is 2.29. The van der Waals surface area contributed by atoms with E-state index in [0.29, 0.717) is 36.4 Å². The Labute approximate surface area is 201 Å². The summed E-state index contributed by atoms with van der Waals surface area (Å²) in [5.41, 5.74) is 0.754. The van der Waals surface area contributed by atoms with Gasteiger partial charge in [-0.1, -0.05) is 12.5 Å². The van der Waals surface area contributed by atoms with Crippen molar-refractivity contribution in [2.75, 3.05) is 33.9 Å². The smallest absolute Gasteiger partial charge is 0.325 e. The number of hydrogen-bond donors (Lipinski definition) is 2. The number of benzene rings is 1. The van der Waals surface area contributed by atoms with E-state index >= 15 is 0 Å². The molecule has 0 aliphatic carbocycles. The molecule has 2 N–H and O–H groups in total. The third-order valence-electron chi connectivity index (χ3n) is 7.35. The van der Waals surface area contributed by atoms with Crippen LogP contribution in [0.4, 0.5) is 4.79 Å². The topological polar surface area (TPSA) is 100 Å². The Kier molecular flexibility index (Phi) is 7.92. The number of ether oxygens (including phenoxy) is 2. The first-order chi connectivity index (χ1) is 16.5. The van der Waals surface area contributed by atoms with Crippen LogP contribution >= 0.6 is 0 Å². The molecule has 1 aromatic rings. The number of amides is 4. The molecule has 4 rings (SSSR count). The van der Waals surface area contributed by atoms with Crippen LogP contribution in [-0.4, -0.2) is 73.6 Å². The molecule has 3 fully saturated rings. The van der Waals surface area contributed by atoms with Gasteiger partial charge in [-0.3, -0.25) is 14.5 Å². The first-order valence-electron chi connectivity index (χ1n) is 12.3. The maximum Gasteiger partial charge on any atom is 0.325 e. The average molecular weight is 473 g/mol. The van der Waals surface area contributed by atoms with Gasteiger partial charge in [0.2, 0.25) is 5.91 Å². The van der Waals surface area contributed by atoms with Gasteiger partial charge < -0.3 is 25.0 Å². The highest BCUT2D eigenvalue weighted by Gasteiger charge is 2.38. The van der Waals surface area contributed by atoms with Crippen LogP contribution in [0.2, 0.25) is 0 Å². The lowest BCUT2D eigenvalue weighted by Gasteiger charge is -2.44. The molecule has 9 heteroatoms. The molecule has 0 radical (unpaired) electrons. The Morgan fingerprint density at radius 2 is 1.88 bits per heavy atom. The maximum atomic E-state index is 12.8. The number of carbonyl (C=O) groups excluding carboxylic acids is 3. The summed E-state index contributed by atoms with van der Waals surface area (Å²) >= 11 is 0. The largest absolute Gasteiger partial charge is 0.493 e. The van der Waals surface area contributed by atoms with E-state index in [-0.39, 0.29) is 24.8 Å². The van der Waals surface area contributed by atoms with Crippen molar-refractivity contribution in [2.24, 2.45) is 5.92 Å². The third kappa shape index (κ3) is 5.46. The van der Waals surface area contributed by atoms with Gasteiger partial charge in [0.1, 0.15) is 6.04 Å². The Balaban J connectivity index is 1.25. The fourth-order valence-corrected chi connectivity index (χ4v) is 5.51. The lowest BCUT2D eigenvalue weighted by molar-refractivity contribution is -0.128. The molecule has 3 atom stereocenters. The van der Waals surface area contributed by atoms with Gasteiger partial charge in [-0.25, -0.2) is 4.79 Å². The monoisotopic (exact) mass is 472 g/mol. The van der Waals surface area contributed by atoms with Gasteiger partial charge in [0, 0.05) is 19.0 Å². The fraction of sp³-hybridized carbons (Fsp3) is 0.640. The van der Waals surface area contributed by atoms with Gasteiger partial charge in [0.25, 0.3) is 5.91 Å². The van der Waals surface area contributed by atoms with E-state index in [4.69, 9.17) is 9.47 Å². The summed E-state index contributed by atoms with van der Waals surface area (Å²) in [6.45, 7) is 3.18. The molecule has 0 aromatic heterocycles. The van der Waals surface area contributed by atoms with Crippen LogP contribution in [0.15, 0.2) is 18.2 Å². The molecule has 186 valence electrons. The number of hydrogen-bond acceptors (Lipinski definition) is 6. The number of carbonyl (C=O) groups is 3. The van der Waals surface area contributed by atoms with Crippen molar-refractivity contribution in [3.8, 4) is 11.5 Å². The van der Waals surface area contributed by atoms with Gasteiger partial charge in [0.05, 0.1) is 20.8 Å². The lowest BCUT2D eigenvalue weighted by atomic mass is 9.83.